The summed E-state index contributed by atoms with van der Waals surface area (Å²) in [4.78, 5) is 28.4. The fourth-order valence-corrected chi connectivity index (χ4v) is 3.50. The molecular formula is C20H16Cl2N2O4S. The average molecular weight is 451 g/mol. The zero-order valence-electron chi connectivity index (χ0n) is 15.3. The lowest BCUT2D eigenvalue weighted by Gasteiger charge is -2.05. The zero-order valence-corrected chi connectivity index (χ0v) is 17.6. The molecule has 0 spiro atoms. The van der Waals surface area contributed by atoms with Crippen LogP contribution in [0, 0.1) is 0 Å². The van der Waals surface area contributed by atoms with E-state index < -0.39 is 5.97 Å². The standard InChI is InChI=1S/C20H16Cl2N2O4S/c1-2-27-17(25)11-28-13-8-6-12(7-9-13)10-16-19(26)24-20(29-16)23-15-5-3-4-14(21)18(15)22/h3-10H,2,11H2,1H3,(H,23,24,26)/b16-10-. The Morgan fingerprint density at radius 1 is 1.21 bits per heavy atom. The van der Waals surface area contributed by atoms with Crippen LogP contribution in [0.4, 0.5) is 5.69 Å². The van der Waals surface area contributed by atoms with E-state index in [0.29, 0.717) is 38.2 Å². The average Bonchev–Trinajstić information content (AvgIpc) is 3.04. The van der Waals surface area contributed by atoms with E-state index in [9.17, 15) is 9.59 Å². The summed E-state index contributed by atoms with van der Waals surface area (Å²) in [5.41, 5.74) is 1.28. The van der Waals surface area contributed by atoms with Crippen LogP contribution >= 0.6 is 35.0 Å². The lowest BCUT2D eigenvalue weighted by atomic mass is 10.2. The third kappa shape index (κ3) is 5.76. The second-order valence-corrected chi connectivity index (χ2v) is 7.53. The number of benzene rings is 2. The van der Waals surface area contributed by atoms with Crippen molar-refractivity contribution in [1.29, 1.82) is 0 Å². The molecule has 1 saturated heterocycles. The van der Waals surface area contributed by atoms with Gasteiger partial charge in [-0.25, -0.2) is 9.79 Å². The van der Waals surface area contributed by atoms with E-state index in [1.807, 2.05) is 0 Å². The van der Waals surface area contributed by atoms with E-state index >= 15 is 0 Å². The van der Waals surface area contributed by atoms with Crippen LogP contribution in [-0.4, -0.2) is 30.3 Å². The third-order valence-corrected chi connectivity index (χ3v) is 5.36. The van der Waals surface area contributed by atoms with Crippen LogP contribution in [0.1, 0.15) is 12.5 Å². The van der Waals surface area contributed by atoms with E-state index in [4.69, 9.17) is 32.7 Å². The summed E-state index contributed by atoms with van der Waals surface area (Å²) in [7, 11) is 0. The van der Waals surface area contributed by atoms with Crippen LogP contribution in [0.5, 0.6) is 5.75 Å². The van der Waals surface area contributed by atoms with Crippen molar-refractivity contribution in [3.05, 3.63) is 63.0 Å². The van der Waals surface area contributed by atoms with Gasteiger partial charge in [0.05, 0.1) is 27.2 Å². The number of nitrogens with one attached hydrogen (secondary N) is 1. The van der Waals surface area contributed by atoms with Gasteiger partial charge in [-0.05, 0) is 54.6 Å². The Bertz CT molecular complexity index is 990. The molecule has 0 saturated carbocycles. The van der Waals surface area contributed by atoms with Gasteiger partial charge in [-0.15, -0.1) is 0 Å². The highest BCUT2D eigenvalue weighted by Gasteiger charge is 2.24. The summed E-state index contributed by atoms with van der Waals surface area (Å²) < 4.78 is 10.2. The van der Waals surface area contributed by atoms with Gasteiger partial charge in [0.15, 0.2) is 11.8 Å². The minimum Gasteiger partial charge on any atom is -0.482 e. The van der Waals surface area contributed by atoms with Gasteiger partial charge in [-0.1, -0.05) is 41.4 Å². The van der Waals surface area contributed by atoms with Crippen LogP contribution in [-0.2, 0) is 14.3 Å². The number of thioether (sulfide) groups is 1. The molecule has 9 heteroatoms. The summed E-state index contributed by atoms with van der Waals surface area (Å²) >= 11 is 13.3. The number of nitrogens with zero attached hydrogens (tertiary/aromatic N) is 1. The highest BCUT2D eigenvalue weighted by molar-refractivity contribution is 8.18. The van der Waals surface area contributed by atoms with Crippen LogP contribution in [0.2, 0.25) is 10.0 Å². The van der Waals surface area contributed by atoms with Gasteiger partial charge in [0.1, 0.15) is 5.75 Å². The Kier molecular flexibility index (Phi) is 7.19. The fraction of sp³-hybridized carbons (Fsp3) is 0.150. The first-order chi connectivity index (χ1) is 14.0. The maximum absolute atomic E-state index is 12.2. The molecule has 1 fully saturated rings. The highest BCUT2D eigenvalue weighted by Crippen LogP contribution is 2.34. The summed E-state index contributed by atoms with van der Waals surface area (Å²) in [6.07, 6.45) is 1.73. The molecular weight excluding hydrogens is 435 g/mol. The normalized spacial score (nSPS) is 16.2. The highest BCUT2D eigenvalue weighted by atomic mass is 35.5. The van der Waals surface area contributed by atoms with Gasteiger partial charge in [0.2, 0.25) is 0 Å². The SMILES string of the molecule is CCOC(=O)COc1ccc(/C=C2\SC(=Nc3cccc(Cl)c3Cl)NC2=O)cc1. The van der Waals surface area contributed by atoms with Crippen molar-refractivity contribution in [2.45, 2.75) is 6.92 Å². The number of carbonyl (C=O) groups is 2. The number of ether oxygens (including phenoxy) is 2. The summed E-state index contributed by atoms with van der Waals surface area (Å²) in [6, 6.07) is 12.1. The van der Waals surface area contributed by atoms with Gasteiger partial charge in [-0.3, -0.25) is 4.79 Å². The molecule has 0 aliphatic carbocycles. The van der Waals surface area contributed by atoms with E-state index in [-0.39, 0.29) is 12.5 Å². The molecule has 0 radical (unpaired) electrons. The van der Waals surface area contributed by atoms with Crippen molar-refractivity contribution in [3.63, 3.8) is 0 Å². The van der Waals surface area contributed by atoms with Crippen molar-refractivity contribution in [3.8, 4) is 5.75 Å². The molecule has 0 unspecified atom stereocenters. The van der Waals surface area contributed by atoms with Crippen molar-refractivity contribution >= 4 is 63.8 Å². The van der Waals surface area contributed by atoms with E-state index in [0.717, 1.165) is 5.56 Å². The van der Waals surface area contributed by atoms with Gasteiger partial charge >= 0.3 is 5.97 Å². The number of hydrogen-bond donors (Lipinski definition) is 1. The van der Waals surface area contributed by atoms with Crippen LogP contribution < -0.4 is 10.1 Å². The third-order valence-electron chi connectivity index (χ3n) is 3.64. The van der Waals surface area contributed by atoms with Crippen LogP contribution in [0.25, 0.3) is 6.08 Å². The van der Waals surface area contributed by atoms with E-state index in [1.54, 1.807) is 55.5 Å². The zero-order chi connectivity index (χ0) is 20.8. The first kappa shape index (κ1) is 21.2. The molecule has 0 atom stereocenters. The number of esters is 1. The second-order valence-electron chi connectivity index (χ2n) is 5.72. The monoisotopic (exact) mass is 450 g/mol. The van der Waals surface area contributed by atoms with Gasteiger partial charge in [0, 0.05) is 0 Å². The lowest BCUT2D eigenvalue weighted by Crippen LogP contribution is -2.19. The fourth-order valence-electron chi connectivity index (χ4n) is 2.33. The molecule has 0 bridgehead atoms. The Balaban J connectivity index is 1.67. The summed E-state index contributed by atoms with van der Waals surface area (Å²) in [5, 5.41) is 3.84. The first-order valence-corrected chi connectivity index (χ1v) is 10.2. The second kappa shape index (κ2) is 9.82. The number of rotatable bonds is 6. The maximum atomic E-state index is 12.2. The van der Waals surface area contributed by atoms with E-state index in [2.05, 4.69) is 10.3 Å². The van der Waals surface area contributed by atoms with Crippen molar-refractivity contribution < 1.29 is 19.1 Å². The largest absolute Gasteiger partial charge is 0.482 e. The number of aliphatic imine (C=N–C) groups is 1. The molecule has 3 rings (SSSR count). The summed E-state index contributed by atoms with van der Waals surface area (Å²) in [6.45, 7) is 1.89. The number of halogens is 2. The Morgan fingerprint density at radius 3 is 2.69 bits per heavy atom. The molecule has 6 nitrogen and oxygen atoms in total. The lowest BCUT2D eigenvalue weighted by molar-refractivity contribution is -0.145. The molecule has 1 heterocycles. The molecule has 150 valence electrons. The number of amidine groups is 1. The predicted octanol–water partition coefficient (Wildman–Crippen LogP) is 4.83. The molecule has 1 aliphatic rings. The number of carbonyl (C=O) groups excluding carboxylic acids is 2. The Labute approximate surface area is 181 Å². The minimum absolute atomic E-state index is 0.154. The quantitative estimate of drug-likeness (QED) is 0.503. The van der Waals surface area contributed by atoms with E-state index in [1.165, 1.54) is 11.8 Å². The minimum atomic E-state index is -0.427. The molecule has 1 amide bonds. The molecule has 1 N–H and O–H groups in total. The maximum Gasteiger partial charge on any atom is 0.344 e. The number of hydrogen-bond acceptors (Lipinski definition) is 6. The van der Waals surface area contributed by atoms with Crippen molar-refractivity contribution in [1.82, 2.24) is 5.32 Å². The van der Waals surface area contributed by atoms with Crippen LogP contribution in [0.15, 0.2) is 52.4 Å². The molecule has 0 aromatic heterocycles. The van der Waals surface area contributed by atoms with Crippen molar-refractivity contribution in [2.24, 2.45) is 4.99 Å². The first-order valence-electron chi connectivity index (χ1n) is 8.58. The summed E-state index contributed by atoms with van der Waals surface area (Å²) in [5.74, 6) is -0.152. The van der Waals surface area contributed by atoms with Crippen LogP contribution in [0.3, 0.4) is 0 Å². The molecule has 29 heavy (non-hydrogen) atoms. The topological polar surface area (TPSA) is 77.0 Å². The van der Waals surface area contributed by atoms with Crippen molar-refractivity contribution in [2.75, 3.05) is 13.2 Å². The number of amides is 1. The molecule has 2 aromatic carbocycles. The molecule has 2 aromatic rings. The van der Waals surface area contributed by atoms with Gasteiger partial charge < -0.3 is 14.8 Å². The Hall–Kier alpha value is -2.48. The van der Waals surface area contributed by atoms with Gasteiger partial charge in [0.25, 0.3) is 5.91 Å². The smallest absolute Gasteiger partial charge is 0.344 e. The van der Waals surface area contributed by atoms with Gasteiger partial charge in [-0.2, -0.15) is 0 Å². The predicted molar refractivity (Wildman–Crippen MR) is 116 cm³/mol. The Morgan fingerprint density at radius 2 is 1.97 bits per heavy atom. The molecule has 1 aliphatic heterocycles.